The number of para-hydroxylation sites is 2. The molecule has 232 valence electrons. The second kappa shape index (κ2) is 12.1. The van der Waals surface area contributed by atoms with Crippen molar-refractivity contribution < 1.29 is 13.7 Å². The van der Waals surface area contributed by atoms with Gasteiger partial charge in [-0.25, -0.2) is 4.98 Å². The van der Waals surface area contributed by atoms with Crippen LogP contribution in [-0.2, 0) is 6.42 Å². The molecular formula is C47H34N2. The van der Waals surface area contributed by atoms with Crippen LogP contribution in [0.3, 0.4) is 0 Å². The Balaban J connectivity index is 1.23. The molecule has 0 saturated carbocycles. The van der Waals surface area contributed by atoms with E-state index < -0.39 is 36.3 Å². The van der Waals surface area contributed by atoms with Crippen LogP contribution in [0.15, 0.2) is 176 Å². The number of hydrogen-bond acceptors (Lipinski definition) is 1. The Morgan fingerprint density at radius 3 is 1.59 bits per heavy atom. The lowest BCUT2D eigenvalue weighted by Crippen LogP contribution is -1.99. The average Bonchev–Trinajstić information content (AvgIpc) is 3.65. The first-order chi connectivity index (χ1) is 28.4. The Morgan fingerprint density at radius 1 is 0.490 bits per heavy atom. The minimum atomic E-state index is -0.510. The molecule has 0 unspecified atom stereocenters. The summed E-state index contributed by atoms with van der Waals surface area (Å²) >= 11 is 0. The van der Waals surface area contributed by atoms with Crippen molar-refractivity contribution in [3.05, 3.63) is 182 Å². The fourth-order valence-corrected chi connectivity index (χ4v) is 6.91. The normalized spacial score (nSPS) is 14.3. The maximum absolute atomic E-state index is 9.01. The molecule has 0 atom stereocenters. The van der Waals surface area contributed by atoms with Gasteiger partial charge in [-0.2, -0.15) is 0 Å². The predicted molar refractivity (Wildman–Crippen MR) is 207 cm³/mol. The zero-order valence-corrected chi connectivity index (χ0v) is 26.6. The number of nitrogens with zero attached hydrogens (tertiary/aromatic N) is 2. The zero-order chi connectivity index (χ0) is 41.4. The molecule has 0 aliphatic rings. The molecule has 0 spiro atoms. The summed E-state index contributed by atoms with van der Waals surface area (Å²) in [4.78, 5) is 4.82. The first kappa shape index (κ1) is 20.2. The summed E-state index contributed by atoms with van der Waals surface area (Å²) in [7, 11) is 0. The summed E-state index contributed by atoms with van der Waals surface area (Å²) in [5, 5.41) is 2.02. The van der Waals surface area contributed by atoms with E-state index >= 15 is 0 Å². The van der Waals surface area contributed by atoms with Crippen LogP contribution in [0.1, 0.15) is 26.5 Å². The fourth-order valence-electron chi connectivity index (χ4n) is 6.91. The monoisotopic (exact) mass is 636 g/mol. The van der Waals surface area contributed by atoms with E-state index in [2.05, 4.69) is 41.8 Å². The molecule has 0 saturated heterocycles. The van der Waals surface area contributed by atoms with Crippen LogP contribution in [0.5, 0.6) is 0 Å². The van der Waals surface area contributed by atoms with E-state index in [0.29, 0.717) is 32.7 Å². The number of aromatic nitrogens is 2. The highest BCUT2D eigenvalue weighted by atomic mass is 15.1. The lowest BCUT2D eigenvalue weighted by molar-refractivity contribution is 0.908. The molecule has 1 heterocycles. The summed E-state index contributed by atoms with van der Waals surface area (Å²) in [6, 6.07) is 32.9. The van der Waals surface area contributed by atoms with Crippen LogP contribution in [0, 0.1) is 0 Å². The molecule has 0 bridgehead atoms. The van der Waals surface area contributed by atoms with Gasteiger partial charge in [-0.15, -0.1) is 0 Å². The van der Waals surface area contributed by atoms with E-state index in [9.17, 15) is 0 Å². The molecule has 2 nitrogen and oxygen atoms in total. The third kappa shape index (κ3) is 5.01. The smallest absolute Gasteiger partial charge is 0.114 e. The fraction of sp³-hybridized carbons (Fsp3) is 0.0426. The number of rotatable bonds is 6. The molecule has 8 aromatic carbocycles. The van der Waals surface area contributed by atoms with Crippen molar-refractivity contribution in [2.24, 2.45) is 0 Å². The Morgan fingerprint density at radius 2 is 0.980 bits per heavy atom. The largest absolute Gasteiger partial charge is 0.296 e. The maximum atomic E-state index is 9.01. The Hall–Kier alpha value is -6.25. The molecule has 0 amide bonds. The highest BCUT2D eigenvalue weighted by Gasteiger charge is 2.17. The van der Waals surface area contributed by atoms with Crippen molar-refractivity contribution in [3.8, 4) is 50.2 Å². The van der Waals surface area contributed by atoms with Crippen LogP contribution in [-0.4, -0.2) is 9.55 Å². The molecule has 9 aromatic rings. The van der Waals surface area contributed by atoms with Crippen molar-refractivity contribution in [1.82, 2.24) is 9.55 Å². The molecule has 0 aliphatic carbocycles. The molecular weight excluding hydrogens is 593 g/mol. The summed E-state index contributed by atoms with van der Waals surface area (Å²) in [5.41, 5.74) is 7.50. The van der Waals surface area contributed by atoms with Crippen molar-refractivity contribution in [2.75, 3.05) is 0 Å². The van der Waals surface area contributed by atoms with Crippen LogP contribution < -0.4 is 0 Å². The number of imidazole rings is 1. The number of hydrogen-bond donors (Lipinski definition) is 0. The first-order valence-electron chi connectivity index (χ1n) is 21.2. The highest BCUT2D eigenvalue weighted by molar-refractivity contribution is 6.21. The first-order valence-corrected chi connectivity index (χ1v) is 16.2. The topological polar surface area (TPSA) is 17.8 Å². The van der Waals surface area contributed by atoms with Crippen molar-refractivity contribution in [3.63, 3.8) is 0 Å². The van der Waals surface area contributed by atoms with Gasteiger partial charge >= 0.3 is 0 Å². The van der Waals surface area contributed by atoms with Crippen molar-refractivity contribution in [2.45, 2.75) is 13.3 Å². The second-order valence-corrected chi connectivity index (χ2v) is 11.9. The van der Waals surface area contributed by atoms with Gasteiger partial charge in [0.15, 0.2) is 0 Å². The number of aryl methyl sites for hydroxylation is 1. The van der Waals surface area contributed by atoms with E-state index in [-0.39, 0.29) is 35.3 Å². The standard InChI is InChI=1S/C47H34N2/c1-2-45-48-43-19-11-12-20-44(43)49(45)38-28-25-33(26-29-38)32-21-23-34(24-22-32)37-27-30-41-42(31-37)47(36-15-7-4-8-16-36)40-18-10-9-17-39(40)46(41)35-13-5-3-6-14-35/h3-31H,2H2,1H3/i3D,4D,5D,6D,7D,8D,13D,14D,15D,16D. The molecule has 49 heavy (non-hydrogen) atoms. The Bertz CT molecular complexity index is 3130. The minimum absolute atomic E-state index is 0.00973. The van der Waals surface area contributed by atoms with E-state index in [4.69, 9.17) is 18.7 Å². The lowest BCUT2D eigenvalue weighted by Gasteiger charge is -2.18. The predicted octanol–water partition coefficient (Wildman–Crippen LogP) is 12.6. The van der Waals surface area contributed by atoms with E-state index in [1.807, 2.05) is 60.7 Å². The van der Waals surface area contributed by atoms with Gasteiger partial charge in [0.25, 0.3) is 0 Å². The third-order valence-corrected chi connectivity index (χ3v) is 9.15. The minimum Gasteiger partial charge on any atom is -0.296 e. The summed E-state index contributed by atoms with van der Waals surface area (Å²) in [5.74, 6) is 0.988. The van der Waals surface area contributed by atoms with Gasteiger partial charge in [0, 0.05) is 12.1 Å². The summed E-state index contributed by atoms with van der Waals surface area (Å²) in [6.07, 6.45) is 0.794. The number of fused-ring (bicyclic) bond motifs is 3. The quantitative estimate of drug-likeness (QED) is 0.166. The highest BCUT2D eigenvalue weighted by Crippen LogP contribution is 2.44. The van der Waals surface area contributed by atoms with Crippen LogP contribution in [0.4, 0.5) is 0 Å². The second-order valence-electron chi connectivity index (χ2n) is 11.9. The lowest BCUT2D eigenvalue weighted by atomic mass is 9.85. The average molecular weight is 637 g/mol. The molecule has 1 aromatic heterocycles. The van der Waals surface area contributed by atoms with Gasteiger partial charge in [-0.3, -0.25) is 4.57 Å². The van der Waals surface area contributed by atoms with Crippen LogP contribution in [0.2, 0.25) is 0 Å². The van der Waals surface area contributed by atoms with E-state index in [1.54, 1.807) is 24.3 Å². The molecule has 0 aliphatic heterocycles. The third-order valence-electron chi connectivity index (χ3n) is 9.15. The van der Waals surface area contributed by atoms with Crippen molar-refractivity contribution >= 4 is 32.6 Å². The van der Waals surface area contributed by atoms with Gasteiger partial charge in [0.1, 0.15) is 5.82 Å². The molecule has 0 fully saturated rings. The summed E-state index contributed by atoms with van der Waals surface area (Å²) < 4.78 is 88.8. The molecule has 9 rings (SSSR count). The maximum Gasteiger partial charge on any atom is 0.114 e. The van der Waals surface area contributed by atoms with Gasteiger partial charge in [-0.1, -0.05) is 152 Å². The Labute approximate surface area is 300 Å². The van der Waals surface area contributed by atoms with Crippen LogP contribution >= 0.6 is 0 Å². The number of benzene rings is 8. The van der Waals surface area contributed by atoms with E-state index in [1.165, 1.54) is 0 Å². The van der Waals surface area contributed by atoms with Crippen LogP contribution in [0.25, 0.3) is 82.8 Å². The van der Waals surface area contributed by atoms with E-state index in [0.717, 1.165) is 51.2 Å². The summed E-state index contributed by atoms with van der Waals surface area (Å²) in [6.45, 7) is 2.10. The molecule has 2 heteroatoms. The van der Waals surface area contributed by atoms with Crippen molar-refractivity contribution in [1.29, 1.82) is 0 Å². The molecule has 0 radical (unpaired) electrons. The van der Waals surface area contributed by atoms with Gasteiger partial charge in [0.05, 0.1) is 24.7 Å². The SMILES string of the molecule is [2H]c1c([2H])c([2H])c(-c2c3ccccc3c(-c3c([2H])c([2H])c([2H])c([2H])c3[2H])c3cc(-c4ccc(-c5ccc(-n6c(CC)nc7ccccc76)cc5)cc4)ccc23)c([2H])c1[2H]. The van der Waals surface area contributed by atoms with Gasteiger partial charge in [0.2, 0.25) is 0 Å². The Kier molecular flexibility index (Phi) is 4.98. The van der Waals surface area contributed by atoms with Gasteiger partial charge < -0.3 is 0 Å². The van der Waals surface area contributed by atoms with Gasteiger partial charge in [-0.05, 0) is 96.4 Å². The molecule has 0 N–H and O–H groups in total. The zero-order valence-electron chi connectivity index (χ0n) is 36.6.